The fraction of sp³-hybridized carbons (Fsp3) is 0.312. The van der Waals surface area contributed by atoms with Gasteiger partial charge in [0.15, 0.2) is 0 Å². The molecule has 0 amide bonds. The van der Waals surface area contributed by atoms with Gasteiger partial charge in [-0.15, -0.1) is 0 Å². The van der Waals surface area contributed by atoms with Gasteiger partial charge in [-0.2, -0.15) is 0 Å². The minimum absolute atomic E-state index is 0.770. The molecule has 0 atom stereocenters. The van der Waals surface area contributed by atoms with Crippen molar-refractivity contribution in [2.24, 2.45) is 0 Å². The van der Waals surface area contributed by atoms with Gasteiger partial charge in [0, 0.05) is 11.9 Å². The normalized spacial score (nSPS) is 9.28. The molecule has 18 heavy (non-hydrogen) atoms. The van der Waals surface area contributed by atoms with E-state index in [9.17, 15) is 0 Å². The van der Waals surface area contributed by atoms with Crippen molar-refractivity contribution in [1.29, 1.82) is 0 Å². The molecule has 0 radical (unpaired) electrons. The minimum Gasteiger partial charge on any atom is -0.379 e. The molecule has 1 aromatic heterocycles. The summed E-state index contributed by atoms with van der Waals surface area (Å²) in [7, 11) is 0. The number of aryl methyl sites for hydroxylation is 1. The molecule has 0 saturated heterocycles. The standard InChI is InChI=1S/C14H16N2.C2H6/c1-2-12-6-8-13(9-7-12)16-11-14-5-3-4-10-15-14;1-2/h3-10,16H,2,11H2,1H3;1-2H3. The van der Waals surface area contributed by atoms with Crippen LogP contribution in [0.5, 0.6) is 0 Å². The molecule has 2 aromatic rings. The van der Waals surface area contributed by atoms with Gasteiger partial charge in [0.25, 0.3) is 0 Å². The number of benzene rings is 1. The minimum atomic E-state index is 0.770. The largest absolute Gasteiger partial charge is 0.379 e. The van der Waals surface area contributed by atoms with Crippen LogP contribution in [-0.2, 0) is 13.0 Å². The SMILES string of the molecule is CC.CCc1ccc(NCc2ccccn2)cc1. The van der Waals surface area contributed by atoms with Crippen LogP contribution in [0.25, 0.3) is 0 Å². The molecule has 1 aromatic carbocycles. The lowest BCUT2D eigenvalue weighted by atomic mass is 10.1. The Kier molecular flexibility index (Phi) is 6.55. The molecule has 0 aliphatic rings. The molecule has 0 spiro atoms. The van der Waals surface area contributed by atoms with Crippen molar-refractivity contribution in [1.82, 2.24) is 4.98 Å². The number of nitrogens with one attached hydrogen (secondary N) is 1. The third kappa shape index (κ3) is 4.58. The molecule has 2 rings (SSSR count). The van der Waals surface area contributed by atoms with Crippen LogP contribution in [0.2, 0.25) is 0 Å². The molecule has 0 aliphatic carbocycles. The maximum atomic E-state index is 4.27. The predicted octanol–water partition coefficient (Wildman–Crippen LogP) is 4.28. The Morgan fingerprint density at radius 3 is 2.28 bits per heavy atom. The van der Waals surface area contributed by atoms with Crippen molar-refractivity contribution in [2.75, 3.05) is 5.32 Å². The van der Waals surface area contributed by atoms with Gasteiger partial charge in [-0.1, -0.05) is 39.0 Å². The van der Waals surface area contributed by atoms with Crippen molar-refractivity contribution < 1.29 is 0 Å². The van der Waals surface area contributed by atoms with E-state index in [4.69, 9.17) is 0 Å². The number of rotatable bonds is 4. The van der Waals surface area contributed by atoms with Crippen LogP contribution in [0.4, 0.5) is 5.69 Å². The average Bonchev–Trinajstić information content (AvgIpc) is 2.49. The van der Waals surface area contributed by atoms with E-state index in [2.05, 4.69) is 41.5 Å². The number of nitrogens with zero attached hydrogens (tertiary/aromatic N) is 1. The second-order valence-corrected chi connectivity index (χ2v) is 3.73. The molecule has 0 bridgehead atoms. The van der Waals surface area contributed by atoms with E-state index >= 15 is 0 Å². The first-order valence-corrected chi connectivity index (χ1v) is 6.61. The van der Waals surface area contributed by atoms with Crippen LogP contribution in [0.3, 0.4) is 0 Å². The van der Waals surface area contributed by atoms with Gasteiger partial charge in [0.1, 0.15) is 0 Å². The van der Waals surface area contributed by atoms with Gasteiger partial charge >= 0.3 is 0 Å². The Morgan fingerprint density at radius 1 is 1.00 bits per heavy atom. The Hall–Kier alpha value is -1.83. The molecule has 0 saturated carbocycles. The molecule has 2 heteroatoms. The van der Waals surface area contributed by atoms with E-state index in [0.29, 0.717) is 0 Å². The van der Waals surface area contributed by atoms with E-state index in [1.54, 1.807) is 0 Å². The second-order valence-electron chi connectivity index (χ2n) is 3.73. The predicted molar refractivity (Wildman–Crippen MR) is 78.7 cm³/mol. The van der Waals surface area contributed by atoms with Crippen LogP contribution in [0.1, 0.15) is 32.0 Å². The Bertz CT molecular complexity index is 421. The molecule has 96 valence electrons. The van der Waals surface area contributed by atoms with Crippen molar-refractivity contribution in [3.63, 3.8) is 0 Å². The second kappa shape index (κ2) is 8.29. The molecule has 0 unspecified atom stereocenters. The van der Waals surface area contributed by atoms with Crippen LogP contribution in [0, 0.1) is 0 Å². The number of hydrogen-bond acceptors (Lipinski definition) is 2. The highest BCUT2D eigenvalue weighted by atomic mass is 14.9. The van der Waals surface area contributed by atoms with E-state index in [0.717, 1.165) is 24.3 Å². The summed E-state index contributed by atoms with van der Waals surface area (Å²) in [5, 5.41) is 3.35. The lowest BCUT2D eigenvalue weighted by Gasteiger charge is -2.06. The summed E-state index contributed by atoms with van der Waals surface area (Å²) in [5.74, 6) is 0. The highest BCUT2D eigenvalue weighted by Gasteiger charge is 1.94. The molecule has 2 nitrogen and oxygen atoms in total. The topological polar surface area (TPSA) is 24.9 Å². The lowest BCUT2D eigenvalue weighted by molar-refractivity contribution is 1.04. The zero-order chi connectivity index (χ0) is 13.2. The fourth-order valence-electron chi connectivity index (χ4n) is 1.55. The summed E-state index contributed by atoms with van der Waals surface area (Å²) in [5.41, 5.74) is 3.56. The number of hydrogen-bond donors (Lipinski definition) is 1. The van der Waals surface area contributed by atoms with Crippen molar-refractivity contribution in [2.45, 2.75) is 33.7 Å². The monoisotopic (exact) mass is 242 g/mol. The molecular formula is C16H22N2. The maximum Gasteiger partial charge on any atom is 0.0594 e. The van der Waals surface area contributed by atoms with Gasteiger partial charge < -0.3 is 5.32 Å². The summed E-state index contributed by atoms with van der Waals surface area (Å²) in [4.78, 5) is 4.27. The van der Waals surface area contributed by atoms with Gasteiger partial charge in [-0.3, -0.25) is 4.98 Å². The summed E-state index contributed by atoms with van der Waals surface area (Å²) >= 11 is 0. The van der Waals surface area contributed by atoms with E-state index in [1.807, 2.05) is 38.2 Å². The van der Waals surface area contributed by atoms with Crippen molar-refractivity contribution in [3.05, 3.63) is 59.9 Å². The molecule has 0 aliphatic heterocycles. The zero-order valence-electron chi connectivity index (χ0n) is 11.5. The van der Waals surface area contributed by atoms with Crippen LogP contribution in [-0.4, -0.2) is 4.98 Å². The average molecular weight is 242 g/mol. The summed E-state index contributed by atoms with van der Waals surface area (Å²) in [6.07, 6.45) is 2.90. The molecule has 1 N–H and O–H groups in total. The highest BCUT2D eigenvalue weighted by molar-refractivity contribution is 5.44. The summed E-state index contributed by atoms with van der Waals surface area (Å²) < 4.78 is 0. The zero-order valence-corrected chi connectivity index (χ0v) is 11.5. The molecule has 0 fully saturated rings. The smallest absolute Gasteiger partial charge is 0.0594 e. The number of anilines is 1. The number of aromatic nitrogens is 1. The van der Waals surface area contributed by atoms with Crippen LogP contribution in [0.15, 0.2) is 48.7 Å². The third-order valence-corrected chi connectivity index (χ3v) is 2.56. The van der Waals surface area contributed by atoms with Gasteiger partial charge in [0.2, 0.25) is 0 Å². The lowest BCUT2D eigenvalue weighted by Crippen LogP contribution is -2.00. The van der Waals surface area contributed by atoms with Gasteiger partial charge in [-0.05, 0) is 36.2 Å². The van der Waals surface area contributed by atoms with Crippen molar-refractivity contribution in [3.8, 4) is 0 Å². The molecular weight excluding hydrogens is 220 g/mol. The molecule has 1 heterocycles. The van der Waals surface area contributed by atoms with Gasteiger partial charge in [0.05, 0.1) is 12.2 Å². The van der Waals surface area contributed by atoms with E-state index in [1.165, 1.54) is 5.56 Å². The first-order chi connectivity index (χ1) is 8.88. The number of pyridine rings is 1. The maximum absolute atomic E-state index is 4.27. The Labute approximate surface area is 110 Å². The van der Waals surface area contributed by atoms with E-state index < -0.39 is 0 Å². The quantitative estimate of drug-likeness (QED) is 0.865. The Morgan fingerprint density at radius 2 is 1.72 bits per heavy atom. The van der Waals surface area contributed by atoms with E-state index in [-0.39, 0.29) is 0 Å². The van der Waals surface area contributed by atoms with Crippen molar-refractivity contribution >= 4 is 5.69 Å². The summed E-state index contributed by atoms with van der Waals surface area (Å²) in [6.45, 7) is 6.93. The fourth-order valence-corrected chi connectivity index (χ4v) is 1.55. The first-order valence-electron chi connectivity index (χ1n) is 6.61. The first kappa shape index (κ1) is 14.2. The highest BCUT2D eigenvalue weighted by Crippen LogP contribution is 2.10. The summed E-state index contributed by atoms with van der Waals surface area (Å²) in [6, 6.07) is 14.5. The Balaban J connectivity index is 0.000000771. The van der Waals surface area contributed by atoms with Crippen LogP contribution < -0.4 is 5.32 Å². The van der Waals surface area contributed by atoms with Crippen LogP contribution >= 0.6 is 0 Å². The van der Waals surface area contributed by atoms with Gasteiger partial charge in [-0.25, -0.2) is 0 Å². The third-order valence-electron chi connectivity index (χ3n) is 2.56.